The number of nitro groups is 2. The quantitative estimate of drug-likeness (QED) is 0.444. The van der Waals surface area contributed by atoms with Crippen molar-refractivity contribution < 1.29 is 26.7 Å². The van der Waals surface area contributed by atoms with Gasteiger partial charge >= 0.3 is 0 Å². The zero-order valence-corrected chi connectivity index (χ0v) is 18.7. The number of rotatable bonds is 6. The fourth-order valence-electron chi connectivity index (χ4n) is 3.48. The van der Waals surface area contributed by atoms with Gasteiger partial charge in [-0.25, -0.2) is 16.8 Å². The lowest BCUT2D eigenvalue weighted by Crippen LogP contribution is -2.59. The summed E-state index contributed by atoms with van der Waals surface area (Å²) in [5.74, 6) is 0. The molecular formula is C18H20N4O8S2. The number of nitrogens with zero attached hydrogens (tertiary/aromatic N) is 4. The molecule has 172 valence electrons. The predicted molar refractivity (Wildman–Crippen MR) is 113 cm³/mol. The Kier molecular flexibility index (Phi) is 6.33. The number of hydrogen-bond acceptors (Lipinski definition) is 8. The van der Waals surface area contributed by atoms with Crippen LogP contribution in [-0.2, 0) is 20.0 Å². The molecule has 1 aliphatic rings. The summed E-state index contributed by atoms with van der Waals surface area (Å²) in [7, 11) is -8.04. The van der Waals surface area contributed by atoms with Gasteiger partial charge in [0.1, 0.15) is 0 Å². The molecule has 14 heteroatoms. The van der Waals surface area contributed by atoms with E-state index in [4.69, 9.17) is 0 Å². The molecule has 32 heavy (non-hydrogen) atoms. The summed E-state index contributed by atoms with van der Waals surface area (Å²) in [5, 5.41) is 21.6. The highest BCUT2D eigenvalue weighted by atomic mass is 32.2. The number of nitro benzene ring substituents is 2. The second-order valence-electron chi connectivity index (χ2n) is 7.35. The lowest BCUT2D eigenvalue weighted by atomic mass is 10.2. The van der Waals surface area contributed by atoms with Gasteiger partial charge in [-0.2, -0.15) is 8.61 Å². The Hall–Kier alpha value is -2.94. The SMILES string of the molecule is CC1CN(S(=O)(=O)c2ccc([N+](=O)[O-])cc2)C(C)CN1S(=O)(=O)c1ccc([N+](=O)[O-])cc1. The molecule has 2 aromatic rings. The molecule has 12 nitrogen and oxygen atoms in total. The Morgan fingerprint density at radius 2 is 0.969 bits per heavy atom. The van der Waals surface area contributed by atoms with Crippen LogP contribution in [0, 0.1) is 20.2 Å². The number of benzene rings is 2. The second kappa shape index (κ2) is 8.54. The van der Waals surface area contributed by atoms with Crippen LogP contribution in [-0.4, -0.2) is 60.5 Å². The normalized spacial score (nSPS) is 20.7. The third kappa shape index (κ3) is 4.34. The smallest absolute Gasteiger partial charge is 0.258 e. The van der Waals surface area contributed by atoms with Crippen LogP contribution in [0.3, 0.4) is 0 Å². The van der Waals surface area contributed by atoms with E-state index < -0.39 is 42.0 Å². The summed E-state index contributed by atoms with van der Waals surface area (Å²) in [5.41, 5.74) is -0.492. The molecule has 0 saturated carbocycles. The maximum Gasteiger partial charge on any atom is 0.269 e. The number of piperazine rings is 1. The van der Waals surface area contributed by atoms with Crippen molar-refractivity contribution in [2.75, 3.05) is 13.1 Å². The lowest BCUT2D eigenvalue weighted by Gasteiger charge is -2.42. The molecule has 0 aliphatic carbocycles. The van der Waals surface area contributed by atoms with Crippen LogP contribution in [0.2, 0.25) is 0 Å². The van der Waals surface area contributed by atoms with Crippen molar-refractivity contribution in [3.63, 3.8) is 0 Å². The average Bonchev–Trinajstić information content (AvgIpc) is 2.75. The fourth-order valence-corrected chi connectivity index (χ4v) is 6.89. The van der Waals surface area contributed by atoms with Crippen LogP contribution in [0.5, 0.6) is 0 Å². The van der Waals surface area contributed by atoms with Gasteiger partial charge in [-0.1, -0.05) is 0 Å². The van der Waals surface area contributed by atoms with E-state index in [9.17, 15) is 37.1 Å². The molecule has 3 rings (SSSR count). The van der Waals surface area contributed by atoms with Crippen LogP contribution in [0.15, 0.2) is 58.3 Å². The fraction of sp³-hybridized carbons (Fsp3) is 0.333. The van der Waals surface area contributed by atoms with Crippen molar-refractivity contribution in [3.8, 4) is 0 Å². The van der Waals surface area contributed by atoms with Crippen LogP contribution in [0.4, 0.5) is 11.4 Å². The zero-order chi connectivity index (χ0) is 23.8. The van der Waals surface area contributed by atoms with Gasteiger partial charge in [-0.3, -0.25) is 20.2 Å². The number of sulfonamides is 2. The van der Waals surface area contributed by atoms with Crippen LogP contribution < -0.4 is 0 Å². The van der Waals surface area contributed by atoms with Gasteiger partial charge in [0.25, 0.3) is 11.4 Å². The zero-order valence-electron chi connectivity index (χ0n) is 17.1. The lowest BCUT2D eigenvalue weighted by molar-refractivity contribution is -0.385. The monoisotopic (exact) mass is 484 g/mol. The molecule has 1 aliphatic heterocycles. The maximum atomic E-state index is 13.1. The first-order valence-electron chi connectivity index (χ1n) is 9.38. The molecule has 0 amide bonds. The standard InChI is InChI=1S/C18H20N4O8S2/c1-13-11-20(32(29,30)18-9-5-16(6-10-18)22(25)26)14(2)12-19(13)31(27,28)17-7-3-15(4-8-17)21(23)24/h3-10,13-14H,11-12H2,1-2H3. The minimum absolute atomic E-state index is 0.131. The number of hydrogen-bond donors (Lipinski definition) is 0. The second-order valence-corrected chi connectivity index (χ2v) is 11.1. The molecular weight excluding hydrogens is 464 g/mol. The minimum Gasteiger partial charge on any atom is -0.258 e. The minimum atomic E-state index is -4.02. The van der Waals surface area contributed by atoms with E-state index in [0.29, 0.717) is 0 Å². The largest absolute Gasteiger partial charge is 0.269 e. The summed E-state index contributed by atoms with van der Waals surface area (Å²) >= 11 is 0. The maximum absolute atomic E-state index is 13.1. The Morgan fingerprint density at radius 3 is 1.22 bits per heavy atom. The van der Waals surface area contributed by atoms with E-state index in [0.717, 1.165) is 48.5 Å². The predicted octanol–water partition coefficient (Wildman–Crippen LogP) is 1.98. The highest BCUT2D eigenvalue weighted by Gasteiger charge is 2.42. The van der Waals surface area contributed by atoms with E-state index in [-0.39, 0.29) is 34.3 Å². The molecule has 0 radical (unpaired) electrons. The summed E-state index contributed by atoms with van der Waals surface area (Å²) in [6.45, 7) is 2.86. The highest BCUT2D eigenvalue weighted by Crippen LogP contribution is 2.29. The van der Waals surface area contributed by atoms with Crippen molar-refractivity contribution in [1.82, 2.24) is 8.61 Å². The molecule has 1 fully saturated rings. The summed E-state index contributed by atoms with van der Waals surface area (Å²) in [6, 6.07) is 7.50. The Morgan fingerprint density at radius 1 is 0.688 bits per heavy atom. The van der Waals surface area contributed by atoms with Crippen molar-refractivity contribution in [3.05, 3.63) is 68.8 Å². The molecule has 0 aromatic heterocycles. The molecule has 0 bridgehead atoms. The Bertz CT molecular complexity index is 1150. The van der Waals surface area contributed by atoms with E-state index in [1.807, 2.05) is 0 Å². The van der Waals surface area contributed by atoms with Gasteiger partial charge < -0.3 is 0 Å². The molecule has 2 aromatic carbocycles. The Labute approximate surface area is 184 Å². The van der Waals surface area contributed by atoms with Gasteiger partial charge in [0.2, 0.25) is 20.0 Å². The molecule has 1 saturated heterocycles. The molecule has 2 atom stereocenters. The molecule has 0 N–H and O–H groups in total. The summed E-state index contributed by atoms with van der Waals surface area (Å²) in [4.78, 5) is 20.1. The van der Waals surface area contributed by atoms with Gasteiger partial charge in [0.05, 0.1) is 19.6 Å². The van der Waals surface area contributed by atoms with Crippen LogP contribution in [0.25, 0.3) is 0 Å². The van der Waals surface area contributed by atoms with Crippen molar-refractivity contribution >= 4 is 31.4 Å². The van der Waals surface area contributed by atoms with Gasteiger partial charge in [-0.05, 0) is 38.1 Å². The molecule has 0 spiro atoms. The van der Waals surface area contributed by atoms with Crippen LogP contribution in [0.1, 0.15) is 13.8 Å². The van der Waals surface area contributed by atoms with Crippen molar-refractivity contribution in [2.24, 2.45) is 0 Å². The van der Waals surface area contributed by atoms with E-state index in [1.165, 1.54) is 8.61 Å². The van der Waals surface area contributed by atoms with Gasteiger partial charge in [0, 0.05) is 49.4 Å². The van der Waals surface area contributed by atoms with Crippen molar-refractivity contribution in [2.45, 2.75) is 35.7 Å². The first kappa shape index (κ1) is 23.7. The first-order valence-corrected chi connectivity index (χ1v) is 12.3. The highest BCUT2D eigenvalue weighted by molar-refractivity contribution is 7.89. The molecule has 1 heterocycles. The topological polar surface area (TPSA) is 161 Å². The van der Waals surface area contributed by atoms with E-state index in [1.54, 1.807) is 13.8 Å². The summed E-state index contributed by atoms with van der Waals surface area (Å²) in [6.07, 6.45) is 0. The van der Waals surface area contributed by atoms with Crippen molar-refractivity contribution in [1.29, 1.82) is 0 Å². The third-order valence-corrected chi connectivity index (χ3v) is 9.17. The van der Waals surface area contributed by atoms with Gasteiger partial charge in [0.15, 0.2) is 0 Å². The van der Waals surface area contributed by atoms with Gasteiger partial charge in [-0.15, -0.1) is 0 Å². The first-order chi connectivity index (χ1) is 14.9. The van der Waals surface area contributed by atoms with E-state index >= 15 is 0 Å². The van der Waals surface area contributed by atoms with Crippen LogP contribution >= 0.6 is 0 Å². The van der Waals surface area contributed by atoms with E-state index in [2.05, 4.69) is 0 Å². The molecule has 2 unspecified atom stereocenters. The number of non-ortho nitro benzene ring substituents is 2. The summed E-state index contributed by atoms with van der Waals surface area (Å²) < 4.78 is 54.6. The average molecular weight is 485 g/mol. The third-order valence-electron chi connectivity index (χ3n) is 5.18. The Balaban J connectivity index is 1.85.